The van der Waals surface area contributed by atoms with Gasteiger partial charge in [-0.15, -0.1) is 0 Å². The Morgan fingerprint density at radius 1 is 0.872 bits per heavy atom. The van der Waals surface area contributed by atoms with Crippen LogP contribution in [0.1, 0.15) is 36.6 Å². The molecule has 8 nitrogen and oxygen atoms in total. The summed E-state index contributed by atoms with van der Waals surface area (Å²) >= 11 is 0. The Morgan fingerprint density at radius 3 is 2.23 bits per heavy atom. The number of benzene rings is 3. The molecule has 1 heterocycles. The summed E-state index contributed by atoms with van der Waals surface area (Å²) in [6.45, 7) is 4.72. The van der Waals surface area contributed by atoms with Crippen molar-refractivity contribution >= 4 is 17.4 Å². The number of ketones is 1. The third-order valence-corrected chi connectivity index (χ3v) is 6.47. The topological polar surface area (TPSA) is 94.5 Å². The molecule has 1 aliphatic rings. The number of carbonyl (C=O) groups is 2. The Hall–Kier alpha value is -4.46. The highest BCUT2D eigenvalue weighted by molar-refractivity contribution is 6.46. The molecule has 1 fully saturated rings. The summed E-state index contributed by atoms with van der Waals surface area (Å²) in [5.41, 5.74) is 1.76. The van der Waals surface area contributed by atoms with Crippen molar-refractivity contribution in [2.24, 2.45) is 5.92 Å². The van der Waals surface area contributed by atoms with Gasteiger partial charge in [-0.2, -0.15) is 0 Å². The van der Waals surface area contributed by atoms with Gasteiger partial charge in [-0.3, -0.25) is 9.59 Å². The molecule has 1 atom stereocenters. The van der Waals surface area contributed by atoms with Crippen molar-refractivity contribution in [2.75, 3.05) is 27.9 Å². The molecule has 1 N–H and O–H groups in total. The Bertz CT molecular complexity index is 1380. The van der Waals surface area contributed by atoms with Gasteiger partial charge in [-0.05, 0) is 53.4 Å². The fourth-order valence-electron chi connectivity index (χ4n) is 4.49. The number of Topliss-reactive ketones (excluding diaryl/α,β-unsaturated/α-hetero) is 1. The Kier molecular flexibility index (Phi) is 8.44. The quantitative estimate of drug-likeness (QED) is 0.214. The normalized spacial score (nSPS) is 16.5. The van der Waals surface area contributed by atoms with Crippen molar-refractivity contribution in [3.05, 3.63) is 89.0 Å². The number of ether oxygens (including phenoxy) is 4. The van der Waals surface area contributed by atoms with Crippen molar-refractivity contribution in [1.29, 1.82) is 0 Å². The van der Waals surface area contributed by atoms with Crippen LogP contribution in [-0.4, -0.2) is 49.6 Å². The minimum Gasteiger partial charge on any atom is -0.507 e. The first-order valence-electron chi connectivity index (χ1n) is 12.6. The number of amides is 1. The summed E-state index contributed by atoms with van der Waals surface area (Å²) in [6.07, 6.45) is 0. The summed E-state index contributed by atoms with van der Waals surface area (Å²) in [4.78, 5) is 28.3. The maximum Gasteiger partial charge on any atom is 0.295 e. The average molecular weight is 532 g/mol. The van der Waals surface area contributed by atoms with E-state index in [2.05, 4.69) is 0 Å². The second kappa shape index (κ2) is 11.9. The van der Waals surface area contributed by atoms with E-state index < -0.39 is 17.7 Å². The minimum atomic E-state index is -0.868. The first kappa shape index (κ1) is 27.6. The van der Waals surface area contributed by atoms with Crippen LogP contribution in [0.2, 0.25) is 0 Å². The summed E-state index contributed by atoms with van der Waals surface area (Å²) in [6, 6.07) is 18.4. The van der Waals surface area contributed by atoms with E-state index in [9.17, 15) is 14.7 Å². The van der Waals surface area contributed by atoms with Gasteiger partial charge < -0.3 is 29.0 Å². The van der Waals surface area contributed by atoms with Crippen LogP contribution >= 0.6 is 0 Å². The Labute approximate surface area is 228 Å². The van der Waals surface area contributed by atoms with Gasteiger partial charge in [0.2, 0.25) is 0 Å². The molecule has 204 valence electrons. The lowest BCUT2D eigenvalue weighted by atomic mass is 9.94. The fraction of sp³-hybridized carbons (Fsp3) is 0.290. The van der Waals surface area contributed by atoms with Crippen LogP contribution in [-0.2, 0) is 16.1 Å². The van der Waals surface area contributed by atoms with Crippen LogP contribution in [0.15, 0.2) is 72.3 Å². The lowest BCUT2D eigenvalue weighted by molar-refractivity contribution is -0.140. The zero-order valence-electron chi connectivity index (χ0n) is 22.8. The van der Waals surface area contributed by atoms with Crippen molar-refractivity contribution in [3.8, 4) is 23.0 Å². The molecule has 3 aromatic carbocycles. The predicted molar refractivity (Wildman–Crippen MR) is 147 cm³/mol. The van der Waals surface area contributed by atoms with Gasteiger partial charge in [0, 0.05) is 12.1 Å². The third kappa shape index (κ3) is 5.85. The molecule has 39 heavy (non-hydrogen) atoms. The number of nitrogens with zero attached hydrogens (tertiary/aromatic N) is 1. The molecule has 3 aromatic rings. The second-order valence-electron chi connectivity index (χ2n) is 9.62. The maximum atomic E-state index is 13.5. The number of rotatable bonds is 10. The van der Waals surface area contributed by atoms with E-state index in [1.807, 2.05) is 26.0 Å². The first-order chi connectivity index (χ1) is 18.8. The smallest absolute Gasteiger partial charge is 0.295 e. The van der Waals surface area contributed by atoms with Crippen molar-refractivity contribution in [3.63, 3.8) is 0 Å². The van der Waals surface area contributed by atoms with Crippen LogP contribution in [0.5, 0.6) is 23.0 Å². The minimum absolute atomic E-state index is 0.0123. The molecular formula is C31H33NO7. The molecule has 1 unspecified atom stereocenters. The third-order valence-electron chi connectivity index (χ3n) is 6.47. The van der Waals surface area contributed by atoms with Gasteiger partial charge in [0.1, 0.15) is 17.3 Å². The molecule has 1 aliphatic heterocycles. The van der Waals surface area contributed by atoms with Crippen LogP contribution in [0.25, 0.3) is 5.76 Å². The van der Waals surface area contributed by atoms with E-state index in [-0.39, 0.29) is 17.9 Å². The van der Waals surface area contributed by atoms with E-state index in [1.54, 1.807) is 61.7 Å². The molecule has 0 spiro atoms. The SMILES string of the molecule is COc1ccc(CN2C(=O)C(=O)/C(=C(\O)c3cccc(OCC(C)C)c3)C2c2ccc(OC)c(OC)c2)cc1. The van der Waals surface area contributed by atoms with Crippen LogP contribution in [0.4, 0.5) is 0 Å². The van der Waals surface area contributed by atoms with E-state index >= 15 is 0 Å². The fourth-order valence-corrected chi connectivity index (χ4v) is 4.49. The molecule has 0 saturated carbocycles. The average Bonchev–Trinajstić information content (AvgIpc) is 3.20. The van der Waals surface area contributed by atoms with Gasteiger partial charge in [0.25, 0.3) is 11.7 Å². The van der Waals surface area contributed by atoms with Crippen molar-refractivity contribution in [1.82, 2.24) is 4.90 Å². The Balaban J connectivity index is 1.83. The maximum absolute atomic E-state index is 13.5. The van der Waals surface area contributed by atoms with Crippen LogP contribution in [0.3, 0.4) is 0 Å². The van der Waals surface area contributed by atoms with E-state index in [0.29, 0.717) is 46.6 Å². The first-order valence-corrected chi connectivity index (χ1v) is 12.6. The summed E-state index contributed by atoms with van der Waals surface area (Å²) in [5, 5.41) is 11.5. The summed E-state index contributed by atoms with van der Waals surface area (Å²) in [7, 11) is 4.62. The highest BCUT2D eigenvalue weighted by Crippen LogP contribution is 2.43. The largest absolute Gasteiger partial charge is 0.507 e. The molecule has 1 amide bonds. The van der Waals surface area contributed by atoms with E-state index in [0.717, 1.165) is 5.56 Å². The molecule has 0 radical (unpaired) electrons. The molecule has 0 aromatic heterocycles. The van der Waals surface area contributed by atoms with Gasteiger partial charge in [0.05, 0.1) is 39.6 Å². The standard InChI is InChI=1S/C31H33NO7/c1-19(2)18-39-24-8-6-7-22(15-24)29(33)27-28(21-11-14-25(37-4)26(16-21)38-5)32(31(35)30(27)34)17-20-9-12-23(36-3)13-10-20/h6-16,19,28,33H,17-18H2,1-5H3/b29-27-. The monoisotopic (exact) mass is 531 g/mol. The number of methoxy groups -OCH3 is 3. The number of aliphatic hydroxyl groups is 1. The summed E-state index contributed by atoms with van der Waals surface area (Å²) in [5.74, 6) is 0.738. The molecule has 0 bridgehead atoms. The second-order valence-corrected chi connectivity index (χ2v) is 9.62. The molecule has 1 saturated heterocycles. The van der Waals surface area contributed by atoms with E-state index in [1.165, 1.54) is 19.1 Å². The van der Waals surface area contributed by atoms with Gasteiger partial charge in [0.15, 0.2) is 11.5 Å². The zero-order valence-corrected chi connectivity index (χ0v) is 22.8. The van der Waals surface area contributed by atoms with Crippen molar-refractivity contribution < 1.29 is 33.6 Å². The highest BCUT2D eigenvalue weighted by atomic mass is 16.5. The van der Waals surface area contributed by atoms with Crippen LogP contribution < -0.4 is 18.9 Å². The molecule has 4 rings (SSSR count). The predicted octanol–water partition coefficient (Wildman–Crippen LogP) is 5.37. The van der Waals surface area contributed by atoms with Crippen molar-refractivity contribution in [2.45, 2.75) is 26.4 Å². The lowest BCUT2D eigenvalue weighted by Crippen LogP contribution is -2.29. The highest BCUT2D eigenvalue weighted by Gasteiger charge is 2.46. The molecular weight excluding hydrogens is 498 g/mol. The van der Waals surface area contributed by atoms with Crippen LogP contribution in [0, 0.1) is 5.92 Å². The molecule has 0 aliphatic carbocycles. The Morgan fingerprint density at radius 2 is 1.59 bits per heavy atom. The van der Waals surface area contributed by atoms with Gasteiger partial charge in [-0.25, -0.2) is 0 Å². The lowest BCUT2D eigenvalue weighted by Gasteiger charge is -2.26. The number of carbonyl (C=O) groups excluding carboxylic acids is 2. The van der Waals surface area contributed by atoms with Gasteiger partial charge >= 0.3 is 0 Å². The molecule has 8 heteroatoms. The summed E-state index contributed by atoms with van der Waals surface area (Å²) < 4.78 is 21.9. The number of likely N-dealkylation sites (tertiary alicyclic amines) is 1. The number of hydrogen-bond donors (Lipinski definition) is 1. The van der Waals surface area contributed by atoms with Gasteiger partial charge in [-0.1, -0.05) is 44.2 Å². The van der Waals surface area contributed by atoms with E-state index in [4.69, 9.17) is 18.9 Å². The number of hydrogen-bond acceptors (Lipinski definition) is 7. The number of aliphatic hydroxyl groups excluding tert-OH is 1. The zero-order chi connectivity index (χ0) is 28.1.